The summed E-state index contributed by atoms with van der Waals surface area (Å²) in [6, 6.07) is 15.7. The number of amides is 1. The minimum atomic E-state index is -4.68. The molecule has 0 saturated heterocycles. The Morgan fingerprint density at radius 3 is 2.32 bits per heavy atom. The summed E-state index contributed by atoms with van der Waals surface area (Å²) in [4.78, 5) is 25.9. The van der Waals surface area contributed by atoms with Crippen LogP contribution in [0.3, 0.4) is 0 Å². The molecule has 2 aromatic carbocycles. The molecule has 1 atom stereocenters. The standard InChI is InChI=1S/C23H20F3NO3S/c1-3-30-22(29)17-13-19(14(2)15-9-5-4-6-10-15)31-21(17)27-20(28)16-11-7-8-12-18(16)23(24,25)26/h4-14H,3H2,1-2H3,(H,27,28)/t14-/m1/s1. The van der Waals surface area contributed by atoms with Crippen LogP contribution in [-0.2, 0) is 10.9 Å². The molecule has 0 fully saturated rings. The summed E-state index contributed by atoms with van der Waals surface area (Å²) in [5.74, 6) is -1.68. The van der Waals surface area contributed by atoms with Gasteiger partial charge in [0.2, 0.25) is 0 Å². The van der Waals surface area contributed by atoms with Crippen molar-refractivity contribution < 1.29 is 27.5 Å². The Morgan fingerprint density at radius 2 is 1.68 bits per heavy atom. The number of alkyl halides is 3. The highest BCUT2D eigenvalue weighted by Gasteiger charge is 2.35. The Kier molecular flexibility index (Phi) is 6.80. The number of halogens is 3. The van der Waals surface area contributed by atoms with Crippen molar-refractivity contribution in [1.29, 1.82) is 0 Å². The molecule has 3 aromatic rings. The molecule has 0 aliphatic heterocycles. The largest absolute Gasteiger partial charge is 0.462 e. The molecule has 0 unspecified atom stereocenters. The molecule has 0 bridgehead atoms. The normalized spacial score (nSPS) is 12.3. The highest BCUT2D eigenvalue weighted by Crippen LogP contribution is 2.37. The predicted molar refractivity (Wildman–Crippen MR) is 114 cm³/mol. The van der Waals surface area contributed by atoms with Crippen LogP contribution in [-0.4, -0.2) is 18.5 Å². The maximum Gasteiger partial charge on any atom is 0.417 e. The van der Waals surface area contributed by atoms with Gasteiger partial charge in [-0.25, -0.2) is 4.79 Å². The van der Waals surface area contributed by atoms with Crippen molar-refractivity contribution in [1.82, 2.24) is 0 Å². The third kappa shape index (κ3) is 5.14. The van der Waals surface area contributed by atoms with Crippen LogP contribution in [0.1, 0.15) is 56.5 Å². The van der Waals surface area contributed by atoms with E-state index in [2.05, 4.69) is 5.32 Å². The molecule has 31 heavy (non-hydrogen) atoms. The van der Waals surface area contributed by atoms with Crippen LogP contribution in [0, 0.1) is 0 Å². The average Bonchev–Trinajstić information content (AvgIpc) is 3.17. The first kappa shape index (κ1) is 22.6. The number of rotatable bonds is 6. The van der Waals surface area contributed by atoms with Gasteiger partial charge in [-0.1, -0.05) is 49.4 Å². The molecule has 0 saturated carbocycles. The lowest BCUT2D eigenvalue weighted by Crippen LogP contribution is -2.19. The maximum absolute atomic E-state index is 13.3. The van der Waals surface area contributed by atoms with Crippen molar-refractivity contribution in [3.05, 3.63) is 87.8 Å². The summed E-state index contributed by atoms with van der Waals surface area (Å²) in [6.45, 7) is 3.72. The smallest absolute Gasteiger partial charge is 0.417 e. The minimum Gasteiger partial charge on any atom is -0.462 e. The molecule has 3 rings (SSSR count). The third-order valence-corrected chi connectivity index (χ3v) is 5.91. The van der Waals surface area contributed by atoms with Crippen molar-refractivity contribution in [3.63, 3.8) is 0 Å². The summed E-state index contributed by atoms with van der Waals surface area (Å²) in [5, 5.41) is 2.64. The Balaban J connectivity index is 1.98. The topological polar surface area (TPSA) is 55.4 Å². The van der Waals surface area contributed by atoms with Crippen molar-refractivity contribution in [3.8, 4) is 0 Å². The number of esters is 1. The number of carbonyl (C=O) groups excluding carboxylic acids is 2. The van der Waals surface area contributed by atoms with Crippen molar-refractivity contribution in [2.45, 2.75) is 25.9 Å². The molecule has 1 heterocycles. The van der Waals surface area contributed by atoms with Gasteiger partial charge in [-0.3, -0.25) is 4.79 Å². The van der Waals surface area contributed by atoms with Crippen LogP contribution in [0.25, 0.3) is 0 Å². The van der Waals surface area contributed by atoms with Gasteiger partial charge in [-0.15, -0.1) is 11.3 Å². The first-order valence-electron chi connectivity index (χ1n) is 9.55. The Bertz CT molecular complexity index is 1080. The van der Waals surface area contributed by atoms with Gasteiger partial charge in [0, 0.05) is 10.8 Å². The van der Waals surface area contributed by atoms with E-state index in [1.54, 1.807) is 13.0 Å². The summed E-state index contributed by atoms with van der Waals surface area (Å²) < 4.78 is 45.0. The van der Waals surface area contributed by atoms with Gasteiger partial charge in [0.05, 0.1) is 23.3 Å². The predicted octanol–water partition coefficient (Wildman–Crippen LogP) is 6.35. The van der Waals surface area contributed by atoms with Gasteiger partial charge in [0.15, 0.2) is 0 Å². The van der Waals surface area contributed by atoms with Crippen LogP contribution < -0.4 is 5.32 Å². The monoisotopic (exact) mass is 447 g/mol. The van der Waals surface area contributed by atoms with E-state index in [-0.39, 0.29) is 23.1 Å². The molecule has 162 valence electrons. The van der Waals surface area contributed by atoms with E-state index in [1.807, 2.05) is 37.3 Å². The van der Waals surface area contributed by atoms with Crippen LogP contribution >= 0.6 is 11.3 Å². The molecule has 1 aromatic heterocycles. The highest BCUT2D eigenvalue weighted by molar-refractivity contribution is 7.16. The quantitative estimate of drug-likeness (QED) is 0.448. The summed E-state index contributed by atoms with van der Waals surface area (Å²) in [5.41, 5.74) is -0.447. The van der Waals surface area contributed by atoms with Crippen molar-refractivity contribution >= 4 is 28.2 Å². The number of hydrogen-bond acceptors (Lipinski definition) is 4. The van der Waals surface area contributed by atoms with E-state index in [0.717, 1.165) is 33.9 Å². The fourth-order valence-corrected chi connectivity index (χ4v) is 4.20. The molecule has 8 heteroatoms. The summed E-state index contributed by atoms with van der Waals surface area (Å²) in [7, 11) is 0. The fraction of sp³-hybridized carbons (Fsp3) is 0.217. The number of benzene rings is 2. The maximum atomic E-state index is 13.3. The van der Waals surface area contributed by atoms with E-state index in [1.165, 1.54) is 12.1 Å². The molecule has 1 amide bonds. The highest BCUT2D eigenvalue weighted by atomic mass is 32.1. The van der Waals surface area contributed by atoms with E-state index >= 15 is 0 Å². The second kappa shape index (κ2) is 9.34. The second-order valence-corrected chi connectivity index (χ2v) is 7.83. The second-order valence-electron chi connectivity index (χ2n) is 6.74. The number of thiophene rings is 1. The van der Waals surface area contributed by atoms with Gasteiger partial charge in [-0.05, 0) is 30.7 Å². The van der Waals surface area contributed by atoms with E-state index in [0.29, 0.717) is 0 Å². The number of hydrogen-bond donors (Lipinski definition) is 1. The number of ether oxygens (including phenoxy) is 1. The molecule has 0 aliphatic carbocycles. The van der Waals surface area contributed by atoms with E-state index in [4.69, 9.17) is 4.74 Å². The van der Waals surface area contributed by atoms with Gasteiger partial charge < -0.3 is 10.1 Å². The molecule has 4 nitrogen and oxygen atoms in total. The SMILES string of the molecule is CCOC(=O)c1cc([C@H](C)c2ccccc2)sc1NC(=O)c1ccccc1C(F)(F)F. The Morgan fingerprint density at radius 1 is 1.03 bits per heavy atom. The first-order chi connectivity index (χ1) is 14.7. The molecule has 0 spiro atoms. The number of anilines is 1. The van der Waals surface area contributed by atoms with Crippen LogP contribution in [0.4, 0.5) is 18.2 Å². The van der Waals surface area contributed by atoms with Crippen molar-refractivity contribution in [2.75, 3.05) is 11.9 Å². The third-order valence-electron chi connectivity index (χ3n) is 4.68. The lowest BCUT2D eigenvalue weighted by Gasteiger charge is -2.12. The minimum absolute atomic E-state index is 0.0903. The zero-order valence-electron chi connectivity index (χ0n) is 16.8. The lowest BCUT2D eigenvalue weighted by molar-refractivity contribution is -0.137. The van der Waals surface area contributed by atoms with Crippen LogP contribution in [0.15, 0.2) is 60.7 Å². The molecular formula is C23H20F3NO3S. The van der Waals surface area contributed by atoms with Gasteiger partial charge in [0.25, 0.3) is 5.91 Å². The van der Waals surface area contributed by atoms with Crippen molar-refractivity contribution in [2.24, 2.45) is 0 Å². The van der Waals surface area contributed by atoms with E-state index in [9.17, 15) is 22.8 Å². The average molecular weight is 447 g/mol. The Hall–Kier alpha value is -3.13. The molecular weight excluding hydrogens is 427 g/mol. The van der Waals surface area contributed by atoms with Gasteiger partial charge >= 0.3 is 12.1 Å². The number of nitrogens with one attached hydrogen (secondary N) is 1. The zero-order valence-corrected chi connectivity index (χ0v) is 17.6. The van der Waals surface area contributed by atoms with Gasteiger partial charge in [-0.2, -0.15) is 13.2 Å². The first-order valence-corrected chi connectivity index (χ1v) is 10.4. The fourth-order valence-electron chi connectivity index (χ4n) is 3.08. The van der Waals surface area contributed by atoms with Crippen LogP contribution in [0.2, 0.25) is 0 Å². The lowest BCUT2D eigenvalue weighted by atomic mass is 9.99. The molecule has 1 N–H and O–H groups in total. The Labute approximate surface area is 181 Å². The summed E-state index contributed by atoms with van der Waals surface area (Å²) in [6.07, 6.45) is -4.68. The molecule has 0 aliphatic rings. The number of carbonyl (C=O) groups is 2. The van der Waals surface area contributed by atoms with Gasteiger partial charge in [0.1, 0.15) is 5.00 Å². The summed E-state index contributed by atoms with van der Waals surface area (Å²) >= 11 is 1.14. The van der Waals surface area contributed by atoms with E-state index < -0.39 is 29.2 Å². The zero-order chi connectivity index (χ0) is 22.6. The van der Waals surface area contributed by atoms with Crippen LogP contribution in [0.5, 0.6) is 0 Å². The molecule has 0 radical (unpaired) electrons.